The summed E-state index contributed by atoms with van der Waals surface area (Å²) in [4.78, 5) is 11.9. The van der Waals surface area contributed by atoms with E-state index in [9.17, 15) is 4.79 Å². The molecule has 0 unspecified atom stereocenters. The van der Waals surface area contributed by atoms with Gasteiger partial charge in [-0.25, -0.2) is 4.79 Å². The van der Waals surface area contributed by atoms with Crippen molar-refractivity contribution in [2.24, 2.45) is 0 Å². The first-order valence-corrected chi connectivity index (χ1v) is 7.79. The van der Waals surface area contributed by atoms with E-state index in [-0.39, 0.29) is 6.03 Å². The highest BCUT2D eigenvalue weighted by atomic mass is 35.5. The van der Waals surface area contributed by atoms with Crippen molar-refractivity contribution < 1.29 is 4.79 Å². The van der Waals surface area contributed by atoms with Crippen molar-refractivity contribution in [1.82, 2.24) is 5.32 Å². The Hall–Kier alpha value is -2.00. The molecule has 0 heterocycles. The number of urea groups is 1. The lowest BCUT2D eigenvalue weighted by molar-refractivity contribution is 0.252. The van der Waals surface area contributed by atoms with Crippen LogP contribution in [0.2, 0.25) is 5.02 Å². The molecular weight excluding hydrogens is 296 g/mol. The van der Waals surface area contributed by atoms with Gasteiger partial charge < -0.3 is 10.6 Å². The Bertz CT molecular complexity index is 618. The molecule has 0 radical (unpaired) electrons. The Labute approximate surface area is 136 Å². The number of carbonyl (C=O) groups excluding carboxylic acids is 1. The van der Waals surface area contributed by atoms with E-state index in [1.807, 2.05) is 44.2 Å². The number of nitrogens with one attached hydrogen (secondary N) is 2. The molecule has 4 heteroatoms. The van der Waals surface area contributed by atoms with Gasteiger partial charge in [-0.2, -0.15) is 0 Å². The molecule has 2 amide bonds. The molecule has 0 saturated carbocycles. The molecule has 0 aromatic heterocycles. The third-order valence-electron chi connectivity index (χ3n) is 3.44. The van der Waals surface area contributed by atoms with Crippen LogP contribution in [0, 0.1) is 13.8 Å². The lowest BCUT2D eigenvalue weighted by Gasteiger charge is -2.12. The maximum Gasteiger partial charge on any atom is 0.319 e. The van der Waals surface area contributed by atoms with Crippen LogP contribution in [0.15, 0.2) is 42.5 Å². The van der Waals surface area contributed by atoms with Crippen molar-refractivity contribution in [3.63, 3.8) is 0 Å². The Morgan fingerprint density at radius 1 is 1.14 bits per heavy atom. The molecule has 0 aliphatic carbocycles. The van der Waals surface area contributed by atoms with Gasteiger partial charge in [0.25, 0.3) is 0 Å². The number of rotatable bonds is 5. The molecule has 2 aromatic carbocycles. The maximum atomic E-state index is 11.9. The maximum absolute atomic E-state index is 11.9. The summed E-state index contributed by atoms with van der Waals surface area (Å²) in [6.45, 7) is 4.54. The van der Waals surface area contributed by atoms with Gasteiger partial charge in [0.05, 0.1) is 10.7 Å². The standard InChI is InChI=1S/C18H21ClN2O/c1-13-11-14(2)17(16(19)12-13)21-18(22)20-10-6-9-15-7-4-3-5-8-15/h3-5,7-8,11-12H,6,9-10H2,1-2H3,(H2,20,21,22). The highest BCUT2D eigenvalue weighted by molar-refractivity contribution is 6.34. The number of amides is 2. The van der Waals surface area contributed by atoms with Gasteiger partial charge in [-0.1, -0.05) is 48.0 Å². The normalized spacial score (nSPS) is 10.3. The van der Waals surface area contributed by atoms with Gasteiger partial charge in [0.15, 0.2) is 0 Å². The molecule has 2 N–H and O–H groups in total. The summed E-state index contributed by atoms with van der Waals surface area (Å²) < 4.78 is 0. The Morgan fingerprint density at radius 2 is 1.86 bits per heavy atom. The second kappa shape index (κ2) is 7.85. The van der Waals surface area contributed by atoms with Crippen LogP contribution in [0.3, 0.4) is 0 Å². The first-order chi connectivity index (χ1) is 10.6. The van der Waals surface area contributed by atoms with Crippen LogP contribution in [-0.4, -0.2) is 12.6 Å². The summed E-state index contributed by atoms with van der Waals surface area (Å²) >= 11 is 6.18. The number of aryl methyl sites for hydroxylation is 3. The van der Waals surface area contributed by atoms with Crippen LogP contribution < -0.4 is 10.6 Å². The zero-order valence-corrected chi connectivity index (χ0v) is 13.7. The monoisotopic (exact) mass is 316 g/mol. The molecule has 0 atom stereocenters. The molecule has 22 heavy (non-hydrogen) atoms. The second-order valence-electron chi connectivity index (χ2n) is 5.41. The third kappa shape index (κ3) is 4.78. The Balaban J connectivity index is 1.79. The highest BCUT2D eigenvalue weighted by Gasteiger charge is 2.08. The summed E-state index contributed by atoms with van der Waals surface area (Å²) in [6.07, 6.45) is 1.85. The van der Waals surface area contributed by atoms with Gasteiger partial charge in [0.1, 0.15) is 0 Å². The predicted molar refractivity (Wildman–Crippen MR) is 92.7 cm³/mol. The van der Waals surface area contributed by atoms with E-state index in [2.05, 4.69) is 22.8 Å². The van der Waals surface area contributed by atoms with Gasteiger partial charge in [0.2, 0.25) is 0 Å². The van der Waals surface area contributed by atoms with Crippen molar-refractivity contribution in [3.8, 4) is 0 Å². The predicted octanol–water partition coefficient (Wildman–Crippen LogP) is 4.71. The molecule has 0 spiro atoms. The summed E-state index contributed by atoms with van der Waals surface area (Å²) in [7, 11) is 0. The van der Waals surface area contributed by atoms with Crippen LogP contribution in [0.5, 0.6) is 0 Å². The molecule has 0 saturated heterocycles. The van der Waals surface area contributed by atoms with Gasteiger partial charge in [0, 0.05) is 6.54 Å². The minimum atomic E-state index is -0.220. The van der Waals surface area contributed by atoms with Crippen molar-refractivity contribution in [3.05, 3.63) is 64.2 Å². The van der Waals surface area contributed by atoms with Gasteiger partial charge in [-0.05, 0) is 49.4 Å². The van der Waals surface area contributed by atoms with Crippen LogP contribution in [0.1, 0.15) is 23.1 Å². The number of halogens is 1. The average Bonchev–Trinajstić information content (AvgIpc) is 2.48. The smallest absolute Gasteiger partial charge is 0.319 e. The average molecular weight is 317 g/mol. The lowest BCUT2D eigenvalue weighted by Crippen LogP contribution is -2.30. The molecule has 0 aliphatic heterocycles. The zero-order chi connectivity index (χ0) is 15.9. The van der Waals surface area contributed by atoms with Crippen LogP contribution in [0.4, 0.5) is 10.5 Å². The van der Waals surface area contributed by atoms with Gasteiger partial charge in [-0.3, -0.25) is 0 Å². The molecule has 0 fully saturated rings. The summed E-state index contributed by atoms with van der Waals surface area (Å²) in [5.74, 6) is 0. The van der Waals surface area contributed by atoms with E-state index in [0.717, 1.165) is 24.0 Å². The van der Waals surface area contributed by atoms with Crippen LogP contribution in [0.25, 0.3) is 0 Å². The molecule has 0 aliphatic rings. The molecule has 3 nitrogen and oxygen atoms in total. The van der Waals surface area contributed by atoms with Gasteiger partial charge in [-0.15, -0.1) is 0 Å². The van der Waals surface area contributed by atoms with Gasteiger partial charge >= 0.3 is 6.03 Å². The summed E-state index contributed by atoms with van der Waals surface area (Å²) in [5.41, 5.74) is 4.00. The minimum absolute atomic E-state index is 0.220. The van der Waals surface area contributed by atoms with E-state index in [0.29, 0.717) is 17.3 Å². The van der Waals surface area contributed by atoms with E-state index in [4.69, 9.17) is 11.6 Å². The van der Waals surface area contributed by atoms with Crippen molar-refractivity contribution in [2.75, 3.05) is 11.9 Å². The first kappa shape index (κ1) is 16.4. The van der Waals surface area contributed by atoms with E-state index < -0.39 is 0 Å². The zero-order valence-electron chi connectivity index (χ0n) is 12.9. The molecule has 2 rings (SSSR count). The largest absolute Gasteiger partial charge is 0.338 e. The fourth-order valence-corrected chi connectivity index (χ4v) is 2.74. The third-order valence-corrected chi connectivity index (χ3v) is 3.74. The van der Waals surface area contributed by atoms with Crippen molar-refractivity contribution in [2.45, 2.75) is 26.7 Å². The van der Waals surface area contributed by atoms with E-state index in [1.54, 1.807) is 0 Å². The summed E-state index contributed by atoms with van der Waals surface area (Å²) in [6, 6.07) is 13.9. The SMILES string of the molecule is Cc1cc(C)c(NC(=O)NCCCc2ccccc2)c(Cl)c1. The second-order valence-corrected chi connectivity index (χ2v) is 5.82. The Morgan fingerprint density at radius 3 is 2.55 bits per heavy atom. The highest BCUT2D eigenvalue weighted by Crippen LogP contribution is 2.27. The molecule has 116 valence electrons. The molecular formula is C18H21ClN2O. The number of carbonyl (C=O) groups is 1. The fourth-order valence-electron chi connectivity index (χ4n) is 2.37. The van der Waals surface area contributed by atoms with Crippen molar-refractivity contribution in [1.29, 1.82) is 0 Å². The number of anilines is 1. The lowest BCUT2D eigenvalue weighted by atomic mass is 10.1. The van der Waals surface area contributed by atoms with Crippen LogP contribution >= 0.6 is 11.6 Å². The first-order valence-electron chi connectivity index (χ1n) is 7.42. The molecule has 2 aromatic rings. The van der Waals surface area contributed by atoms with Crippen molar-refractivity contribution >= 4 is 23.3 Å². The minimum Gasteiger partial charge on any atom is -0.338 e. The molecule has 0 bridgehead atoms. The quantitative estimate of drug-likeness (QED) is 0.770. The van der Waals surface area contributed by atoms with E-state index >= 15 is 0 Å². The Kier molecular flexibility index (Phi) is 5.84. The van der Waals surface area contributed by atoms with Crippen LogP contribution in [-0.2, 0) is 6.42 Å². The van der Waals surface area contributed by atoms with E-state index in [1.165, 1.54) is 5.56 Å². The number of hydrogen-bond acceptors (Lipinski definition) is 1. The topological polar surface area (TPSA) is 41.1 Å². The number of benzene rings is 2. The fraction of sp³-hybridized carbons (Fsp3) is 0.278. The number of hydrogen-bond donors (Lipinski definition) is 2. The summed E-state index contributed by atoms with van der Waals surface area (Å²) in [5, 5.41) is 6.25.